The Morgan fingerprint density at radius 3 is 0.646 bits per heavy atom. The van der Waals surface area contributed by atoms with Gasteiger partial charge in [-0.1, -0.05) is 267 Å². The van der Waals surface area contributed by atoms with Gasteiger partial charge in [-0.3, -0.25) is 14.4 Å². The maximum absolute atomic E-state index is 13.4. The predicted molar refractivity (Wildman–Crippen MR) is 536 cm³/mol. The third-order valence-electron chi connectivity index (χ3n) is 24.8. The fraction of sp³-hybridized carbons (Fsp3) is 0.230. The van der Waals surface area contributed by atoms with Crippen LogP contribution in [0.15, 0.2) is 352 Å². The third-order valence-corrected chi connectivity index (χ3v) is 25.1. The minimum atomic E-state index is -0.931. The Morgan fingerprint density at radius 1 is 0.277 bits per heavy atom. The van der Waals surface area contributed by atoms with E-state index >= 15 is 0 Å². The average molecular weight is 1830 g/mol. The van der Waals surface area contributed by atoms with Gasteiger partial charge in [0.15, 0.2) is 11.6 Å². The van der Waals surface area contributed by atoms with Gasteiger partial charge < -0.3 is 19.6 Å². The molecule has 0 unspecified atom stereocenters. The molecule has 0 aliphatic heterocycles. The molecule has 0 spiro atoms. The second kappa shape index (κ2) is 44.3. The molecule has 0 atom stereocenters. The summed E-state index contributed by atoms with van der Waals surface area (Å²) >= 11 is 4.39. The Hall–Kier alpha value is -12.4. The molecule has 16 aromatic rings. The number of aromatic nitrogens is 6. The quantitative estimate of drug-likeness (QED) is 0.0308. The van der Waals surface area contributed by atoms with Crippen LogP contribution in [-0.2, 0) is 33.0 Å². The molecular formula is C113H109Cl3N10O3Zn. The normalized spacial score (nSPS) is 13.5. The van der Waals surface area contributed by atoms with Gasteiger partial charge in [-0.2, -0.15) is 30.0 Å². The van der Waals surface area contributed by atoms with E-state index in [1.54, 1.807) is 0 Å². The number of hydrogen-bond acceptors (Lipinski definition) is 11. The molecule has 17 heteroatoms. The fourth-order valence-electron chi connectivity index (χ4n) is 18.3. The Morgan fingerprint density at radius 2 is 0.462 bits per heavy atom. The maximum atomic E-state index is 13.4. The summed E-state index contributed by atoms with van der Waals surface area (Å²) in [6.45, 7) is 10.2. The minimum absolute atomic E-state index is 0.130. The molecular weight excluding hydrogens is 1720 g/mol. The number of benzene rings is 14. The van der Waals surface area contributed by atoms with Gasteiger partial charge in [-0.05, 0) is 254 Å². The Bertz CT molecular complexity index is 5900. The molecule has 19 rings (SSSR count). The van der Waals surface area contributed by atoms with Gasteiger partial charge in [-0.15, -0.1) is 0 Å². The second-order valence-electron chi connectivity index (χ2n) is 34.8. The number of para-hydroxylation sites is 6. The van der Waals surface area contributed by atoms with Crippen molar-refractivity contribution in [2.75, 3.05) is 19.6 Å². The molecule has 0 saturated heterocycles. The summed E-state index contributed by atoms with van der Waals surface area (Å²) in [5.41, 5.74) is 26.4. The van der Waals surface area contributed by atoms with E-state index < -0.39 is 15.1 Å². The van der Waals surface area contributed by atoms with E-state index in [0.717, 1.165) is 217 Å². The van der Waals surface area contributed by atoms with Crippen molar-refractivity contribution < 1.29 is 29.5 Å². The summed E-state index contributed by atoms with van der Waals surface area (Å²) in [6, 6.07) is 123. The number of anilines is 12. The number of Topliss-reactive ketones (excluding diaryl/α,β-unsaturated/α-hetero) is 2. The fourth-order valence-corrected chi connectivity index (χ4v) is 18.5. The van der Waals surface area contributed by atoms with Crippen molar-refractivity contribution in [2.45, 2.75) is 137 Å². The zero-order valence-electron chi connectivity index (χ0n) is 74.4. The molecule has 652 valence electrons. The second-order valence-corrected chi connectivity index (χ2v) is 39.8. The van der Waals surface area contributed by atoms with Gasteiger partial charge in [0.25, 0.3) is 0 Å². The third kappa shape index (κ3) is 22.2. The van der Waals surface area contributed by atoms with E-state index in [9.17, 15) is 14.4 Å². The number of hydrogen-bond donors (Lipinski definition) is 0. The molecule has 130 heavy (non-hydrogen) atoms. The zero-order valence-corrected chi connectivity index (χ0v) is 79.7. The number of carbonyl (C=O) groups excluding carboxylic acids is 3. The first kappa shape index (κ1) is 90.9. The molecule has 14 aromatic carbocycles. The molecule has 0 bridgehead atoms. The van der Waals surface area contributed by atoms with Gasteiger partial charge in [-0.25, -0.2) is 0 Å². The standard InChI is InChI=1S/C60H59N5O2.C46H39N5.C7H11ClO.2ClH.Zn/c1-42(2)41-63-61-57-55(43-23-31-51(32-24-43)64(49-19-11-5-12-20-49)53-35-27-47(28-36-53)59(66)45-15-7-3-8-16-45)39-40-56(58(57)62-63)44-25-33-52(34-26-44)65(50-21-13-6-14-22-50)54-37-29-48(30-38-54)60(67)46-17-9-4-10-18-46;1-34(2)33-49-47-45-43(35-23-27-41(28-24-35)50(37-15-7-3-8-16-37)38-17-9-4-10-18-38)31-32-44(46(45)48-49)36-25-29-42(30-26-36)51(39-19-11-5-12-20-39)40-21-13-6-14-22-40;8-7(9)6-4-2-1-3-5-6;;;/h5-6,11-14,19-40,42,45-46H,3-4,7-10,15-18,41H2,1-2H3;3-32,34H,33H2,1-2H3;6H,1-5H2;2*1H;/q;;;;;+2/p-2. The Balaban J connectivity index is 0.000000173. The van der Waals surface area contributed by atoms with Gasteiger partial charge in [0, 0.05) is 119 Å². The van der Waals surface area contributed by atoms with Gasteiger partial charge in [0.05, 0.1) is 13.1 Å². The van der Waals surface area contributed by atoms with Crippen molar-refractivity contribution in [3.05, 3.63) is 363 Å². The van der Waals surface area contributed by atoms with E-state index in [2.05, 4.69) is 363 Å². The summed E-state index contributed by atoms with van der Waals surface area (Å²) < 4.78 is 0. The SMILES string of the molecule is CC(C)Cn1nc2c(-c3ccc(N(c4ccccc4)c4ccc(C(=O)C5CCCCC5)cc4)cc3)ccc(-c3ccc(N(c4ccccc4)c4ccc(C(=O)C5CCCCC5)cc4)cc3)c2n1.CC(C)Cn1nc2c(-c3ccc(N(c4ccccc4)c4ccccc4)cc3)ccc(-c3ccc(N(c4ccccc4)c4ccccc4)cc3)c2n1.O=C(Cl)C1CCCCC1.[Cl][Zn][Cl]. The molecule has 0 radical (unpaired) electrons. The van der Waals surface area contributed by atoms with Gasteiger partial charge in [0.1, 0.15) is 22.1 Å². The molecule has 3 saturated carbocycles. The molecule has 0 N–H and O–H groups in total. The first-order valence-electron chi connectivity index (χ1n) is 46.0. The summed E-state index contributed by atoms with van der Waals surface area (Å²) in [4.78, 5) is 50.1. The number of carbonyl (C=O) groups is 3. The molecule has 3 aliphatic rings. The van der Waals surface area contributed by atoms with Crippen molar-refractivity contribution in [3.63, 3.8) is 0 Å². The molecule has 13 nitrogen and oxygen atoms in total. The van der Waals surface area contributed by atoms with Crippen LogP contribution in [0.5, 0.6) is 0 Å². The van der Waals surface area contributed by atoms with Crippen LogP contribution in [0.2, 0.25) is 0 Å². The van der Waals surface area contributed by atoms with Crippen LogP contribution in [0, 0.1) is 29.6 Å². The Kier molecular flexibility index (Phi) is 31.0. The van der Waals surface area contributed by atoms with E-state index in [1.807, 2.05) is 46.0 Å². The molecule has 3 aliphatic carbocycles. The monoisotopic (exact) mass is 1820 g/mol. The van der Waals surface area contributed by atoms with E-state index in [1.165, 1.54) is 32.1 Å². The van der Waals surface area contributed by atoms with Crippen LogP contribution in [0.1, 0.15) is 145 Å². The van der Waals surface area contributed by atoms with Crippen molar-refractivity contribution in [1.82, 2.24) is 30.0 Å². The summed E-state index contributed by atoms with van der Waals surface area (Å²) in [5, 5.41) is 20.3. The van der Waals surface area contributed by atoms with E-state index in [4.69, 9.17) is 51.4 Å². The van der Waals surface area contributed by atoms with Crippen molar-refractivity contribution in [1.29, 1.82) is 0 Å². The Labute approximate surface area is 785 Å². The number of halogens is 3. The summed E-state index contributed by atoms with van der Waals surface area (Å²) in [5.74, 6) is 1.80. The van der Waals surface area contributed by atoms with Crippen LogP contribution in [-0.4, -0.2) is 46.8 Å². The van der Waals surface area contributed by atoms with Crippen molar-refractivity contribution in [3.8, 4) is 44.5 Å². The van der Waals surface area contributed by atoms with E-state index in [0.29, 0.717) is 18.4 Å². The number of rotatable bonds is 25. The molecule has 0 amide bonds. The number of nitrogens with zero attached hydrogens (tertiary/aromatic N) is 10. The van der Waals surface area contributed by atoms with Crippen LogP contribution >= 0.6 is 31.0 Å². The summed E-state index contributed by atoms with van der Waals surface area (Å²) in [6.07, 6.45) is 16.7. The van der Waals surface area contributed by atoms with Gasteiger partial charge >= 0.3 is 34.5 Å². The van der Waals surface area contributed by atoms with Gasteiger partial charge in [0.2, 0.25) is 5.24 Å². The van der Waals surface area contributed by atoms with Crippen LogP contribution in [0.4, 0.5) is 68.2 Å². The molecule has 2 aromatic heterocycles. The van der Waals surface area contributed by atoms with Crippen LogP contribution in [0.25, 0.3) is 66.6 Å². The zero-order chi connectivity index (χ0) is 89.7. The summed E-state index contributed by atoms with van der Waals surface area (Å²) in [7, 11) is 9.90. The first-order valence-corrected chi connectivity index (χ1v) is 54.2. The molecule has 2 heterocycles. The van der Waals surface area contributed by atoms with Crippen LogP contribution in [0.3, 0.4) is 0 Å². The van der Waals surface area contributed by atoms with Crippen molar-refractivity contribution in [2.24, 2.45) is 29.6 Å². The predicted octanol–water partition coefficient (Wildman–Crippen LogP) is 32.0. The number of fused-ring (bicyclic) bond motifs is 2. The topological polar surface area (TPSA) is 126 Å². The van der Waals surface area contributed by atoms with E-state index in [-0.39, 0.29) is 34.6 Å². The number of ketones is 2. The average Bonchev–Trinajstić information content (AvgIpc) is 1.57. The first-order chi connectivity index (χ1) is 63.7. The van der Waals surface area contributed by atoms with Crippen molar-refractivity contribution >= 4 is 138 Å². The van der Waals surface area contributed by atoms with Crippen LogP contribution < -0.4 is 19.6 Å². The molecule has 3 fully saturated rings.